The van der Waals surface area contributed by atoms with Gasteiger partial charge in [0.1, 0.15) is 11.7 Å². The van der Waals surface area contributed by atoms with E-state index in [9.17, 15) is 9.59 Å². The van der Waals surface area contributed by atoms with Crippen molar-refractivity contribution in [1.82, 2.24) is 4.90 Å². The molecule has 4 nitrogen and oxygen atoms in total. The molecule has 18 heavy (non-hydrogen) atoms. The van der Waals surface area contributed by atoms with E-state index in [-0.39, 0.29) is 11.8 Å². The molecular formula is C14H23NO3. The minimum absolute atomic E-state index is 0.0560. The van der Waals surface area contributed by atoms with Crippen LogP contribution in [0.3, 0.4) is 0 Å². The van der Waals surface area contributed by atoms with Gasteiger partial charge in [-0.1, -0.05) is 19.3 Å². The highest BCUT2D eigenvalue weighted by Gasteiger charge is 2.36. The molecule has 1 heterocycles. The summed E-state index contributed by atoms with van der Waals surface area (Å²) in [5, 5.41) is 0. The van der Waals surface area contributed by atoms with Crippen LogP contribution in [0.1, 0.15) is 45.4 Å². The molecule has 0 N–H and O–H groups in total. The van der Waals surface area contributed by atoms with Crippen molar-refractivity contribution >= 4 is 11.8 Å². The molecule has 2 fully saturated rings. The number of carbonyl (C=O) groups is 2. The summed E-state index contributed by atoms with van der Waals surface area (Å²) < 4.78 is 5.00. The average molecular weight is 253 g/mol. The van der Waals surface area contributed by atoms with Crippen molar-refractivity contribution in [3.8, 4) is 0 Å². The molecule has 1 saturated carbocycles. The Morgan fingerprint density at radius 2 is 2.06 bits per heavy atom. The second-order valence-corrected chi connectivity index (χ2v) is 5.31. The van der Waals surface area contributed by atoms with Gasteiger partial charge in [0.05, 0.1) is 6.61 Å². The topological polar surface area (TPSA) is 46.6 Å². The zero-order valence-electron chi connectivity index (χ0n) is 11.2. The summed E-state index contributed by atoms with van der Waals surface area (Å²) in [7, 11) is 0. The van der Waals surface area contributed by atoms with Crippen LogP contribution in [0.5, 0.6) is 0 Å². The Hall–Kier alpha value is -0.900. The molecule has 0 amide bonds. The van der Waals surface area contributed by atoms with Gasteiger partial charge >= 0.3 is 5.97 Å². The van der Waals surface area contributed by atoms with Gasteiger partial charge in [0.25, 0.3) is 0 Å². The van der Waals surface area contributed by atoms with Gasteiger partial charge in [0.15, 0.2) is 0 Å². The third kappa shape index (κ3) is 3.10. The van der Waals surface area contributed by atoms with Crippen LogP contribution in [0.4, 0.5) is 0 Å². The molecule has 1 aliphatic carbocycles. The molecule has 0 spiro atoms. The highest BCUT2D eigenvalue weighted by Crippen LogP contribution is 2.26. The number of likely N-dealkylation sites (tertiary alicyclic amines) is 1. The molecule has 1 saturated heterocycles. The molecule has 102 valence electrons. The van der Waals surface area contributed by atoms with E-state index in [0.29, 0.717) is 25.6 Å². The second kappa shape index (κ2) is 6.32. The van der Waals surface area contributed by atoms with Gasteiger partial charge in [-0.3, -0.25) is 14.5 Å². The Kier molecular flexibility index (Phi) is 4.75. The number of rotatable bonds is 3. The third-order valence-electron chi connectivity index (χ3n) is 4.11. The summed E-state index contributed by atoms with van der Waals surface area (Å²) in [6, 6.07) is 0.573. The van der Waals surface area contributed by atoms with Gasteiger partial charge in [0, 0.05) is 25.6 Å². The molecule has 2 aliphatic rings. The van der Waals surface area contributed by atoms with E-state index in [4.69, 9.17) is 4.74 Å². The molecule has 0 aromatic carbocycles. The number of Topliss-reactive ketones (excluding diaryl/α,β-unsaturated/α-hetero) is 1. The molecule has 1 unspecified atom stereocenters. The van der Waals surface area contributed by atoms with Crippen LogP contribution in [0.15, 0.2) is 0 Å². The third-order valence-corrected chi connectivity index (χ3v) is 4.11. The maximum absolute atomic E-state index is 11.8. The number of ether oxygens (including phenoxy) is 1. The van der Waals surface area contributed by atoms with Gasteiger partial charge in [-0.25, -0.2) is 0 Å². The Labute approximate surface area is 109 Å². The minimum atomic E-state index is -0.541. The summed E-state index contributed by atoms with van der Waals surface area (Å²) in [5.74, 6) is -0.816. The van der Waals surface area contributed by atoms with Crippen molar-refractivity contribution in [2.75, 3.05) is 19.7 Å². The van der Waals surface area contributed by atoms with Gasteiger partial charge in [0.2, 0.25) is 0 Å². The lowest BCUT2D eigenvalue weighted by atomic mass is 9.89. The zero-order valence-corrected chi connectivity index (χ0v) is 11.2. The molecule has 1 atom stereocenters. The van der Waals surface area contributed by atoms with Crippen molar-refractivity contribution in [3.63, 3.8) is 0 Å². The van der Waals surface area contributed by atoms with E-state index in [2.05, 4.69) is 4.90 Å². The second-order valence-electron chi connectivity index (χ2n) is 5.31. The number of hydrogen-bond acceptors (Lipinski definition) is 4. The van der Waals surface area contributed by atoms with Crippen molar-refractivity contribution in [1.29, 1.82) is 0 Å². The Morgan fingerprint density at radius 1 is 1.33 bits per heavy atom. The predicted octanol–water partition coefficient (Wildman–Crippen LogP) is 1.77. The van der Waals surface area contributed by atoms with Crippen LogP contribution < -0.4 is 0 Å². The Bertz CT molecular complexity index is 310. The van der Waals surface area contributed by atoms with Crippen LogP contribution in [0.2, 0.25) is 0 Å². The summed E-state index contributed by atoms with van der Waals surface area (Å²) in [6.45, 7) is 3.53. The monoisotopic (exact) mass is 253 g/mol. The van der Waals surface area contributed by atoms with Gasteiger partial charge in [-0.2, -0.15) is 0 Å². The first-order valence-corrected chi connectivity index (χ1v) is 7.15. The van der Waals surface area contributed by atoms with E-state index in [0.717, 1.165) is 6.54 Å². The van der Waals surface area contributed by atoms with E-state index >= 15 is 0 Å². The fourth-order valence-corrected chi connectivity index (χ4v) is 3.08. The van der Waals surface area contributed by atoms with Crippen molar-refractivity contribution in [3.05, 3.63) is 0 Å². The molecule has 0 aromatic heterocycles. The number of nitrogens with zero attached hydrogens (tertiary/aromatic N) is 1. The smallest absolute Gasteiger partial charge is 0.317 e. The van der Waals surface area contributed by atoms with Crippen molar-refractivity contribution in [2.24, 2.45) is 5.92 Å². The standard InChI is InChI=1S/C14H23NO3/c1-2-18-14(17)12-10-15(9-8-13(12)16)11-6-4-3-5-7-11/h11-12H,2-10H2,1H3. The highest BCUT2D eigenvalue weighted by molar-refractivity contribution is 5.99. The molecule has 2 rings (SSSR count). The molecule has 4 heteroatoms. The zero-order chi connectivity index (χ0) is 13.0. The normalized spacial score (nSPS) is 27.2. The SMILES string of the molecule is CCOC(=O)C1CN(C2CCCCC2)CCC1=O. The first-order chi connectivity index (χ1) is 8.72. The number of carbonyl (C=O) groups excluding carboxylic acids is 2. The maximum atomic E-state index is 11.8. The van der Waals surface area contributed by atoms with Crippen molar-refractivity contribution in [2.45, 2.75) is 51.5 Å². The quantitative estimate of drug-likeness (QED) is 0.568. The molecule has 0 bridgehead atoms. The Balaban J connectivity index is 1.94. The van der Waals surface area contributed by atoms with Gasteiger partial charge < -0.3 is 4.74 Å². The largest absolute Gasteiger partial charge is 0.465 e. The van der Waals surface area contributed by atoms with E-state index < -0.39 is 5.92 Å². The fraction of sp³-hybridized carbons (Fsp3) is 0.857. The van der Waals surface area contributed by atoms with Crippen LogP contribution in [-0.2, 0) is 14.3 Å². The van der Waals surface area contributed by atoms with E-state index in [1.54, 1.807) is 6.92 Å². The highest BCUT2D eigenvalue weighted by atomic mass is 16.5. The lowest BCUT2D eigenvalue weighted by Crippen LogP contribution is -2.49. The molecule has 0 radical (unpaired) electrons. The first kappa shape index (κ1) is 13.5. The van der Waals surface area contributed by atoms with Crippen LogP contribution in [0.25, 0.3) is 0 Å². The average Bonchev–Trinajstić information content (AvgIpc) is 2.40. The molecular weight excluding hydrogens is 230 g/mol. The number of hydrogen-bond donors (Lipinski definition) is 0. The van der Waals surface area contributed by atoms with Crippen LogP contribution in [-0.4, -0.2) is 42.4 Å². The lowest BCUT2D eigenvalue weighted by molar-refractivity contribution is -0.154. The van der Waals surface area contributed by atoms with Gasteiger partial charge in [-0.15, -0.1) is 0 Å². The number of piperidine rings is 1. The summed E-state index contributed by atoms with van der Waals surface area (Å²) in [5.41, 5.74) is 0. The fourth-order valence-electron chi connectivity index (χ4n) is 3.08. The van der Waals surface area contributed by atoms with Crippen LogP contribution >= 0.6 is 0 Å². The number of ketones is 1. The first-order valence-electron chi connectivity index (χ1n) is 7.15. The van der Waals surface area contributed by atoms with Gasteiger partial charge in [-0.05, 0) is 19.8 Å². The number of esters is 1. The van der Waals surface area contributed by atoms with E-state index in [1.807, 2.05) is 0 Å². The van der Waals surface area contributed by atoms with E-state index in [1.165, 1.54) is 32.1 Å². The summed E-state index contributed by atoms with van der Waals surface area (Å²) >= 11 is 0. The minimum Gasteiger partial charge on any atom is -0.465 e. The maximum Gasteiger partial charge on any atom is 0.317 e. The predicted molar refractivity (Wildman–Crippen MR) is 68.2 cm³/mol. The van der Waals surface area contributed by atoms with Crippen molar-refractivity contribution < 1.29 is 14.3 Å². The molecule has 0 aromatic rings. The Morgan fingerprint density at radius 3 is 2.72 bits per heavy atom. The van der Waals surface area contributed by atoms with Crippen LogP contribution in [0, 0.1) is 5.92 Å². The summed E-state index contributed by atoms with van der Waals surface area (Å²) in [4.78, 5) is 25.9. The molecule has 1 aliphatic heterocycles. The summed E-state index contributed by atoms with van der Waals surface area (Å²) in [6.07, 6.45) is 6.80. The lowest BCUT2D eigenvalue weighted by Gasteiger charge is -2.38.